The zero-order valence-electron chi connectivity index (χ0n) is 14.2. The van der Waals surface area contributed by atoms with Crippen molar-refractivity contribution in [2.45, 2.75) is 13.5 Å². The molecule has 25 heavy (non-hydrogen) atoms. The highest BCUT2D eigenvalue weighted by molar-refractivity contribution is 7.21. The minimum atomic E-state index is 0.447. The van der Waals surface area contributed by atoms with Gasteiger partial charge >= 0.3 is 0 Å². The third-order valence-electron chi connectivity index (χ3n) is 3.88. The van der Waals surface area contributed by atoms with Gasteiger partial charge in [-0.3, -0.25) is 4.98 Å². The average molecular weight is 350 g/mol. The van der Waals surface area contributed by atoms with Crippen molar-refractivity contribution in [2.24, 2.45) is 0 Å². The molecule has 2 aromatic carbocycles. The van der Waals surface area contributed by atoms with Crippen molar-refractivity contribution in [3.05, 3.63) is 47.8 Å². The third kappa shape index (κ3) is 2.94. The summed E-state index contributed by atoms with van der Waals surface area (Å²) >= 11 is 1.60. The number of rotatable bonds is 4. The van der Waals surface area contributed by atoms with E-state index in [4.69, 9.17) is 14.5 Å². The first-order chi connectivity index (χ1) is 12.2. The van der Waals surface area contributed by atoms with Crippen LogP contribution in [0, 0.1) is 13.0 Å². The van der Waals surface area contributed by atoms with E-state index in [9.17, 15) is 0 Å². The molecule has 0 saturated carbocycles. The average Bonchev–Trinajstić information content (AvgIpc) is 3.03. The molecule has 4 rings (SSSR count). The topological polar surface area (TPSA) is 57.1 Å². The number of thiazole rings is 1. The maximum Gasteiger partial charge on any atom is 0.126 e. The van der Waals surface area contributed by atoms with Gasteiger partial charge in [0.25, 0.3) is 0 Å². The smallest absolute Gasteiger partial charge is 0.126 e. The SMILES string of the molecule is COCc1cnc2c(-c3nc4[c]cc(OC)cc4s3)cc(C)cc2n1. The lowest BCUT2D eigenvalue weighted by Gasteiger charge is -2.06. The number of aryl methyl sites for hydroxylation is 1. The number of ether oxygens (including phenoxy) is 2. The molecule has 6 heteroatoms. The maximum absolute atomic E-state index is 5.28. The van der Waals surface area contributed by atoms with Gasteiger partial charge in [0.2, 0.25) is 0 Å². The lowest BCUT2D eigenvalue weighted by atomic mass is 10.1. The van der Waals surface area contributed by atoms with Gasteiger partial charge in [-0.2, -0.15) is 0 Å². The van der Waals surface area contributed by atoms with Crippen LogP contribution < -0.4 is 4.74 Å². The summed E-state index contributed by atoms with van der Waals surface area (Å²) < 4.78 is 11.5. The van der Waals surface area contributed by atoms with Crippen LogP contribution in [0.3, 0.4) is 0 Å². The molecule has 2 aromatic heterocycles. The quantitative estimate of drug-likeness (QED) is 0.553. The van der Waals surface area contributed by atoms with Crippen molar-refractivity contribution in [1.29, 1.82) is 0 Å². The molecule has 125 valence electrons. The van der Waals surface area contributed by atoms with Gasteiger partial charge in [-0.25, -0.2) is 9.97 Å². The fraction of sp³-hybridized carbons (Fsp3) is 0.211. The van der Waals surface area contributed by atoms with E-state index in [2.05, 4.69) is 29.0 Å². The zero-order valence-corrected chi connectivity index (χ0v) is 15.0. The summed E-state index contributed by atoms with van der Waals surface area (Å²) in [5, 5.41) is 0.905. The fourth-order valence-electron chi connectivity index (χ4n) is 2.76. The lowest BCUT2D eigenvalue weighted by molar-refractivity contribution is 0.181. The molecule has 1 radical (unpaired) electrons. The summed E-state index contributed by atoms with van der Waals surface area (Å²) in [4.78, 5) is 14.0. The first-order valence-corrected chi connectivity index (χ1v) is 8.61. The van der Waals surface area contributed by atoms with Crippen LogP contribution in [0.2, 0.25) is 0 Å². The molecule has 0 atom stereocenters. The van der Waals surface area contributed by atoms with Gasteiger partial charge in [-0.05, 0) is 36.8 Å². The molecule has 0 N–H and O–H groups in total. The molecule has 0 bridgehead atoms. The molecule has 0 fully saturated rings. The zero-order chi connectivity index (χ0) is 17.4. The second kappa shape index (κ2) is 6.38. The number of nitrogens with zero attached hydrogens (tertiary/aromatic N) is 3. The van der Waals surface area contributed by atoms with Crippen molar-refractivity contribution >= 4 is 32.6 Å². The number of aromatic nitrogens is 3. The molecule has 0 amide bonds. The Bertz CT molecular complexity index is 1080. The molecule has 0 aliphatic carbocycles. The molecule has 5 nitrogen and oxygen atoms in total. The first kappa shape index (κ1) is 15.9. The molecular formula is C19H16N3O2S. The predicted octanol–water partition coefficient (Wildman–Crippen LogP) is 4.17. The van der Waals surface area contributed by atoms with E-state index in [1.165, 1.54) is 0 Å². The van der Waals surface area contributed by atoms with Crippen molar-refractivity contribution in [1.82, 2.24) is 15.0 Å². The predicted molar refractivity (Wildman–Crippen MR) is 99.0 cm³/mol. The van der Waals surface area contributed by atoms with E-state index in [-0.39, 0.29) is 0 Å². The fourth-order valence-corrected chi connectivity index (χ4v) is 3.75. The molecule has 0 spiro atoms. The van der Waals surface area contributed by atoms with Gasteiger partial charge in [0.1, 0.15) is 10.8 Å². The summed E-state index contributed by atoms with van der Waals surface area (Å²) in [5.74, 6) is 0.779. The summed E-state index contributed by atoms with van der Waals surface area (Å²) in [6.07, 6.45) is 1.76. The van der Waals surface area contributed by atoms with Gasteiger partial charge in [-0.15, -0.1) is 11.3 Å². The van der Waals surface area contributed by atoms with E-state index >= 15 is 0 Å². The van der Waals surface area contributed by atoms with Crippen molar-refractivity contribution in [3.63, 3.8) is 0 Å². The van der Waals surface area contributed by atoms with Crippen LogP contribution in [0.4, 0.5) is 0 Å². The standard InChI is InChI=1S/C19H16N3O2S/c1-11-6-14(18-16(7-11)21-12(9-20-18)10-23-2)19-22-15-5-4-13(24-3)8-17(15)25-19/h4,6-9H,10H2,1-3H3. The summed E-state index contributed by atoms with van der Waals surface area (Å²) in [6, 6.07) is 11.1. The molecule has 0 saturated heterocycles. The van der Waals surface area contributed by atoms with Crippen molar-refractivity contribution < 1.29 is 9.47 Å². The largest absolute Gasteiger partial charge is 0.497 e. The van der Waals surface area contributed by atoms with Crippen LogP contribution >= 0.6 is 11.3 Å². The third-order valence-corrected chi connectivity index (χ3v) is 4.91. The molecule has 0 aliphatic heterocycles. The highest BCUT2D eigenvalue weighted by Crippen LogP contribution is 2.35. The summed E-state index contributed by atoms with van der Waals surface area (Å²) in [7, 11) is 3.30. The molecule has 2 heterocycles. The molecule has 0 unspecified atom stereocenters. The van der Waals surface area contributed by atoms with Gasteiger partial charge in [-0.1, -0.05) is 0 Å². The molecule has 4 aromatic rings. The Hall–Kier alpha value is -2.57. The molecular weight excluding hydrogens is 334 g/mol. The Morgan fingerprint density at radius 3 is 2.84 bits per heavy atom. The van der Waals surface area contributed by atoms with Gasteiger partial charge < -0.3 is 9.47 Å². The van der Waals surface area contributed by atoms with E-state index in [0.29, 0.717) is 6.61 Å². The Labute approximate surface area is 149 Å². The highest BCUT2D eigenvalue weighted by Gasteiger charge is 2.13. The second-order valence-corrected chi connectivity index (χ2v) is 6.78. The van der Waals surface area contributed by atoms with Crippen LogP contribution in [0.1, 0.15) is 11.3 Å². The van der Waals surface area contributed by atoms with Crippen molar-refractivity contribution in [2.75, 3.05) is 14.2 Å². The number of hydrogen-bond donors (Lipinski definition) is 0. The van der Waals surface area contributed by atoms with E-state index < -0.39 is 0 Å². The summed E-state index contributed by atoms with van der Waals surface area (Å²) in [5.41, 5.74) is 5.45. The normalized spacial score (nSPS) is 11.3. The van der Waals surface area contributed by atoms with Crippen LogP contribution in [-0.4, -0.2) is 29.2 Å². The molecule has 0 aliphatic rings. The van der Waals surface area contributed by atoms with E-state index in [1.54, 1.807) is 37.8 Å². The van der Waals surface area contributed by atoms with Crippen LogP contribution in [0.25, 0.3) is 31.8 Å². The highest BCUT2D eigenvalue weighted by atomic mass is 32.1. The van der Waals surface area contributed by atoms with Crippen LogP contribution in [0.5, 0.6) is 5.75 Å². The number of hydrogen-bond acceptors (Lipinski definition) is 6. The lowest BCUT2D eigenvalue weighted by Crippen LogP contribution is -1.96. The Balaban J connectivity index is 1.90. The first-order valence-electron chi connectivity index (χ1n) is 7.80. The van der Waals surface area contributed by atoms with Gasteiger partial charge in [0.15, 0.2) is 0 Å². The Morgan fingerprint density at radius 2 is 2.04 bits per heavy atom. The second-order valence-electron chi connectivity index (χ2n) is 5.75. The van der Waals surface area contributed by atoms with Crippen LogP contribution in [-0.2, 0) is 11.3 Å². The number of methoxy groups -OCH3 is 2. The number of benzene rings is 2. The van der Waals surface area contributed by atoms with E-state index in [1.807, 2.05) is 12.1 Å². The van der Waals surface area contributed by atoms with E-state index in [0.717, 1.165) is 48.8 Å². The minimum absolute atomic E-state index is 0.447. The van der Waals surface area contributed by atoms with Crippen LogP contribution in [0.15, 0.2) is 30.5 Å². The Morgan fingerprint density at radius 1 is 1.16 bits per heavy atom. The monoisotopic (exact) mass is 350 g/mol. The van der Waals surface area contributed by atoms with Crippen molar-refractivity contribution in [3.8, 4) is 16.3 Å². The summed E-state index contributed by atoms with van der Waals surface area (Å²) in [6.45, 7) is 2.50. The van der Waals surface area contributed by atoms with Gasteiger partial charge in [0, 0.05) is 18.7 Å². The number of fused-ring (bicyclic) bond motifs is 2. The maximum atomic E-state index is 5.28. The minimum Gasteiger partial charge on any atom is -0.497 e. The van der Waals surface area contributed by atoms with Gasteiger partial charge in [0.05, 0.1) is 46.9 Å². The Kier molecular flexibility index (Phi) is 4.07.